The fourth-order valence-electron chi connectivity index (χ4n) is 0.732. The molecule has 0 aliphatic rings. The quantitative estimate of drug-likeness (QED) is 0.0922. The van der Waals surface area contributed by atoms with Gasteiger partial charge >= 0.3 is 126 Å². The van der Waals surface area contributed by atoms with Gasteiger partial charge in [0.1, 0.15) is 0 Å². The average Bonchev–Trinajstić information content (AvgIpc) is 2.21. The molecule has 0 aliphatic heterocycles. The molecule has 0 saturated heterocycles. The maximum atomic E-state index is 5.21. The summed E-state index contributed by atoms with van der Waals surface area (Å²) in [5.74, 6) is 0. The molecule has 0 radical (unpaired) electrons. The Morgan fingerprint density at radius 1 is 0.786 bits per heavy atom. The molecule has 0 bridgehead atoms. The summed E-state index contributed by atoms with van der Waals surface area (Å²) in [5.41, 5.74) is 0. The van der Waals surface area contributed by atoms with Crippen LogP contribution in [0.1, 0.15) is 40.0 Å². The van der Waals surface area contributed by atoms with Crippen LogP contribution in [0.15, 0.2) is 0 Å². The van der Waals surface area contributed by atoms with Crippen LogP contribution in [0.2, 0.25) is 0 Å². The Hall–Kier alpha value is 2.76. The second-order valence-corrected chi connectivity index (χ2v) is 57.6. The molecule has 0 rings (SSSR count). The van der Waals surface area contributed by atoms with Gasteiger partial charge in [-0.25, -0.2) is 0 Å². The third-order valence-electron chi connectivity index (χ3n) is 1.33. The van der Waals surface area contributed by atoms with E-state index in [-0.39, 0.29) is 0 Å². The van der Waals surface area contributed by atoms with Crippen molar-refractivity contribution in [2.45, 2.75) is 40.0 Å². The van der Waals surface area contributed by atoms with Crippen molar-refractivity contribution in [3.05, 3.63) is 0 Å². The molecular weight excluding hydrogens is 549 g/mol. The number of halogens is 3. The average molecular weight is 571 g/mol. The first-order chi connectivity index (χ1) is 6.68. The third kappa shape index (κ3) is 8.86. The van der Waals surface area contributed by atoms with Gasteiger partial charge in [0.15, 0.2) is 0 Å². The van der Waals surface area contributed by atoms with Gasteiger partial charge in [0.05, 0.1) is 0 Å². The van der Waals surface area contributed by atoms with Crippen LogP contribution >= 0.6 is 12.1 Å². The molecule has 0 saturated carbocycles. The van der Waals surface area contributed by atoms with Crippen molar-refractivity contribution in [1.29, 1.82) is 0 Å². The van der Waals surface area contributed by atoms with Crippen LogP contribution < -0.4 is 61.2 Å². The van der Waals surface area contributed by atoms with Crippen molar-refractivity contribution in [1.82, 2.24) is 0 Å². The first-order valence-corrected chi connectivity index (χ1v) is 22.4. The zero-order chi connectivity index (χ0) is 10.9. The van der Waals surface area contributed by atoms with Gasteiger partial charge in [-0.05, 0) is 0 Å². The normalized spacial score (nSPS) is 12.9. The van der Waals surface area contributed by atoms with Crippen molar-refractivity contribution in [2.75, 3.05) is 13.3 Å². The van der Waals surface area contributed by atoms with E-state index in [9.17, 15) is 0 Å². The zero-order valence-electron chi connectivity index (χ0n) is 9.32. The van der Waals surface area contributed by atoms with Crippen LogP contribution in [0.3, 0.4) is 0 Å². The zero-order valence-corrected chi connectivity index (χ0v) is 17.7. The van der Waals surface area contributed by atoms with Gasteiger partial charge in [-0.2, -0.15) is 0 Å². The number of alkyl halides is 3. The summed E-state index contributed by atoms with van der Waals surface area (Å²) in [6.07, 6.45) is 4.27. The van der Waals surface area contributed by atoms with Gasteiger partial charge in [0.25, 0.3) is 0 Å². The van der Waals surface area contributed by atoms with Gasteiger partial charge in [0.2, 0.25) is 0 Å². The summed E-state index contributed by atoms with van der Waals surface area (Å²) in [6.45, 7) is 7.04. The number of thiol groups is 1. The van der Waals surface area contributed by atoms with E-state index in [0.717, 1.165) is 0 Å². The summed E-state index contributed by atoms with van der Waals surface area (Å²) in [4.78, 5) is 0. The molecule has 14 heavy (non-hydrogen) atoms. The van der Waals surface area contributed by atoms with Gasteiger partial charge in [-0.1, -0.05) is 0 Å². The van der Waals surface area contributed by atoms with Crippen molar-refractivity contribution in [2.24, 2.45) is 0 Å². The molecule has 0 atom stereocenters. The molecular formula is C9H22I3SSi-3. The summed E-state index contributed by atoms with van der Waals surface area (Å²) in [7, 11) is 0. The van der Waals surface area contributed by atoms with Crippen molar-refractivity contribution in [3.8, 4) is 0 Å². The van der Waals surface area contributed by atoms with E-state index in [1.54, 1.807) is 13.3 Å². The molecule has 0 aliphatic carbocycles. The van der Waals surface area contributed by atoms with Crippen LogP contribution in [-0.2, 0) is 0 Å². The molecule has 0 heterocycles. The molecule has 0 spiro atoms. The molecule has 0 aromatic heterocycles. The summed E-state index contributed by atoms with van der Waals surface area (Å²) >= 11 is 6.86. The molecule has 0 N–H and O–H groups in total. The van der Waals surface area contributed by atoms with Crippen LogP contribution in [0.25, 0.3) is 0 Å². The van der Waals surface area contributed by atoms with E-state index >= 15 is 0 Å². The monoisotopic (exact) mass is 571 g/mol. The summed E-state index contributed by atoms with van der Waals surface area (Å²) < 4.78 is 3.92. The van der Waals surface area contributed by atoms with Crippen LogP contribution in [0.5, 0.6) is 0 Å². The first-order valence-electron chi connectivity index (χ1n) is 5.21. The second kappa shape index (κ2) is 10.9. The van der Waals surface area contributed by atoms with E-state index in [1.165, 1.54) is 19.3 Å². The predicted octanol–water partition coefficient (Wildman–Crippen LogP) is -6.15. The van der Waals surface area contributed by atoms with Crippen LogP contribution in [0, 0.1) is 0 Å². The third-order valence-corrected chi connectivity index (χ3v) is 61.2. The van der Waals surface area contributed by atoms with Crippen molar-refractivity contribution < 1.29 is 61.2 Å². The summed E-state index contributed by atoms with van der Waals surface area (Å²) in [5, 5.41) is 0. The molecule has 0 nitrogen and oxygen atoms in total. The van der Waals surface area contributed by atoms with Crippen molar-refractivity contribution in [3.63, 3.8) is 0 Å². The second-order valence-electron chi connectivity index (χ2n) is 2.94. The van der Waals surface area contributed by atoms with Gasteiger partial charge < -0.3 is 0 Å². The Kier molecular flexibility index (Phi) is 13.0. The van der Waals surface area contributed by atoms with Gasteiger partial charge in [0, 0.05) is 0 Å². The Morgan fingerprint density at radius 2 is 1.07 bits per heavy atom. The van der Waals surface area contributed by atoms with Crippen LogP contribution in [-0.4, -0.2) is 13.0 Å². The Bertz CT molecular complexity index is 113. The van der Waals surface area contributed by atoms with Gasteiger partial charge in [-0.15, -0.1) is 0 Å². The van der Waals surface area contributed by atoms with Crippen molar-refractivity contribution >= 4 is 11.8 Å². The molecule has 0 unspecified atom stereocenters. The molecule has 0 aromatic rings. The SMILES string of the molecule is CCC[I-][Si](S)([I-]CCC)[I-]CCC. The van der Waals surface area contributed by atoms with E-state index < -0.39 is -0.287 Å². The molecule has 0 amide bonds. The fourth-order valence-corrected chi connectivity index (χ4v) is 56.8. The standard InChI is InChI=1S/C9H22I3SSi/c1-4-7-10-14(13,11-8-5-2)12-9-6-3/h13H,4-9H2,1-3H3/q-3. The Balaban J connectivity index is 3.89. The number of rotatable bonds is 9. The summed E-state index contributed by atoms with van der Waals surface area (Å²) in [6, 6.07) is 0. The minimum atomic E-state index is -0.788. The molecule has 5 heteroatoms. The van der Waals surface area contributed by atoms with Crippen LogP contribution in [0.4, 0.5) is 0 Å². The minimum absolute atomic E-state index is 0.551. The van der Waals surface area contributed by atoms with E-state index in [2.05, 4.69) is 20.8 Å². The van der Waals surface area contributed by atoms with E-state index in [4.69, 9.17) is 12.1 Å². The molecule has 92 valence electrons. The van der Waals surface area contributed by atoms with E-state index in [0.29, 0.717) is 61.2 Å². The Labute approximate surface area is 124 Å². The maximum absolute atomic E-state index is 5.21. The number of hydrogen-bond donors (Lipinski definition) is 1. The fraction of sp³-hybridized carbons (Fsp3) is 1.00. The Morgan fingerprint density at radius 3 is 1.29 bits per heavy atom. The first kappa shape index (κ1) is 16.8. The topological polar surface area (TPSA) is 0 Å². The molecule has 0 fully saturated rings. The predicted molar refractivity (Wildman–Crippen MR) is 60.2 cm³/mol. The number of hydrogen-bond acceptors (Lipinski definition) is 1. The molecule has 0 aromatic carbocycles. The van der Waals surface area contributed by atoms with E-state index in [1.807, 2.05) is 0 Å². The van der Waals surface area contributed by atoms with Gasteiger partial charge in [-0.3, -0.25) is 0 Å².